The molecule has 18 heavy (non-hydrogen) atoms. The summed E-state index contributed by atoms with van der Waals surface area (Å²) in [4.78, 5) is 12.1. The molecule has 0 aliphatic carbocycles. The Kier molecular flexibility index (Phi) is 3.54. The van der Waals surface area contributed by atoms with E-state index in [4.69, 9.17) is 16.2 Å². The Morgan fingerprint density at radius 2 is 1.78 bits per heavy atom. The van der Waals surface area contributed by atoms with Gasteiger partial charge in [-0.1, -0.05) is 11.6 Å². The van der Waals surface area contributed by atoms with Crippen LogP contribution < -0.4 is 0 Å². The van der Waals surface area contributed by atoms with E-state index in [1.54, 1.807) is 0 Å². The minimum atomic E-state index is -4.38. The highest BCUT2D eigenvalue weighted by Crippen LogP contribution is 2.25. The Hall–Kier alpha value is -1.21. The van der Waals surface area contributed by atoms with Crippen LogP contribution in [0.2, 0.25) is 5.02 Å². The van der Waals surface area contributed by atoms with E-state index < -0.39 is 15.9 Å². The second-order valence-corrected chi connectivity index (χ2v) is 6.40. The van der Waals surface area contributed by atoms with Gasteiger partial charge in [0.2, 0.25) is 0 Å². The number of carbonyl (C=O) groups is 1. The second-order valence-electron chi connectivity index (χ2n) is 3.43. The van der Waals surface area contributed by atoms with Crippen molar-refractivity contribution in [3.05, 3.63) is 51.9 Å². The lowest BCUT2D eigenvalue weighted by Crippen LogP contribution is -2.06. The lowest BCUT2D eigenvalue weighted by atomic mass is 10.1. The van der Waals surface area contributed by atoms with Crippen LogP contribution in [0.15, 0.2) is 39.9 Å². The number of benzene rings is 1. The maximum absolute atomic E-state index is 12.1. The molecule has 0 bridgehead atoms. The molecule has 0 atom stereocenters. The lowest BCUT2D eigenvalue weighted by Gasteiger charge is -2.01. The van der Waals surface area contributed by atoms with Crippen molar-refractivity contribution in [2.75, 3.05) is 0 Å². The normalized spacial score (nSPS) is 11.4. The zero-order valence-corrected chi connectivity index (χ0v) is 11.2. The van der Waals surface area contributed by atoms with Gasteiger partial charge in [0.25, 0.3) is 0 Å². The number of hydrogen-bond acceptors (Lipinski definition) is 4. The van der Waals surface area contributed by atoms with Gasteiger partial charge in [-0.2, -0.15) is 8.42 Å². The second kappa shape index (κ2) is 4.81. The van der Waals surface area contributed by atoms with Gasteiger partial charge in [-0.3, -0.25) is 9.35 Å². The molecule has 2 rings (SSSR count). The van der Waals surface area contributed by atoms with Crippen LogP contribution in [0.4, 0.5) is 0 Å². The van der Waals surface area contributed by atoms with E-state index in [1.165, 1.54) is 35.7 Å². The van der Waals surface area contributed by atoms with E-state index in [0.29, 0.717) is 10.6 Å². The van der Waals surface area contributed by atoms with Gasteiger partial charge in [-0.15, -0.1) is 11.3 Å². The summed E-state index contributed by atoms with van der Waals surface area (Å²) >= 11 is 6.50. The monoisotopic (exact) mass is 302 g/mol. The van der Waals surface area contributed by atoms with Crippen LogP contribution >= 0.6 is 22.9 Å². The van der Waals surface area contributed by atoms with Gasteiger partial charge >= 0.3 is 10.1 Å². The average Bonchev–Trinajstić information content (AvgIpc) is 2.77. The molecule has 7 heteroatoms. The third-order valence-electron chi connectivity index (χ3n) is 2.22. The fourth-order valence-corrected chi connectivity index (χ4v) is 3.25. The van der Waals surface area contributed by atoms with Gasteiger partial charge in [0, 0.05) is 10.6 Å². The Labute approximate surface area is 113 Å². The van der Waals surface area contributed by atoms with Crippen molar-refractivity contribution < 1.29 is 17.8 Å². The van der Waals surface area contributed by atoms with E-state index >= 15 is 0 Å². The number of rotatable bonds is 3. The van der Waals surface area contributed by atoms with Gasteiger partial charge in [-0.25, -0.2) is 0 Å². The van der Waals surface area contributed by atoms with Gasteiger partial charge in [0.05, 0.1) is 5.56 Å². The molecule has 94 valence electrons. The Morgan fingerprint density at radius 3 is 2.33 bits per heavy atom. The summed E-state index contributed by atoms with van der Waals surface area (Å²) in [5.74, 6) is -0.472. The molecule has 0 fully saturated rings. The van der Waals surface area contributed by atoms with Crippen LogP contribution in [0.3, 0.4) is 0 Å². The summed E-state index contributed by atoms with van der Waals surface area (Å²) in [6.07, 6.45) is 0. The molecule has 0 unspecified atom stereocenters. The zero-order chi connectivity index (χ0) is 13.3. The van der Waals surface area contributed by atoms with Gasteiger partial charge < -0.3 is 0 Å². The molecular weight excluding hydrogens is 296 g/mol. The molecule has 1 aromatic carbocycles. The molecule has 1 aromatic heterocycles. The topological polar surface area (TPSA) is 71.4 Å². The maximum Gasteiger partial charge on any atom is 0.304 e. The predicted octanol–water partition coefficient (Wildman–Crippen LogP) is 2.88. The fraction of sp³-hybridized carbons (Fsp3) is 0. The Balaban J connectivity index is 2.47. The van der Waals surface area contributed by atoms with Crippen molar-refractivity contribution in [2.24, 2.45) is 0 Å². The van der Waals surface area contributed by atoms with Crippen molar-refractivity contribution >= 4 is 38.8 Å². The summed E-state index contributed by atoms with van der Waals surface area (Å²) in [6.45, 7) is 0. The van der Waals surface area contributed by atoms with Crippen molar-refractivity contribution in [2.45, 2.75) is 4.21 Å². The molecule has 0 spiro atoms. The highest BCUT2D eigenvalue weighted by atomic mass is 35.5. The van der Waals surface area contributed by atoms with Gasteiger partial charge in [-0.05, 0) is 35.7 Å². The van der Waals surface area contributed by atoms with E-state index in [9.17, 15) is 13.2 Å². The van der Waals surface area contributed by atoms with Crippen LogP contribution in [0.25, 0.3) is 0 Å². The predicted molar refractivity (Wildman–Crippen MR) is 69.0 cm³/mol. The number of carbonyl (C=O) groups excluding carboxylic acids is 1. The average molecular weight is 303 g/mol. The van der Waals surface area contributed by atoms with Gasteiger partial charge in [0.15, 0.2) is 9.99 Å². The molecule has 0 aliphatic heterocycles. The summed E-state index contributed by atoms with van der Waals surface area (Å²) in [7, 11) is -4.38. The fourth-order valence-electron chi connectivity index (χ4n) is 1.42. The van der Waals surface area contributed by atoms with Crippen molar-refractivity contribution in [1.82, 2.24) is 0 Å². The standard InChI is InChI=1S/C11H7ClO4S2/c12-8-3-1-7(2-4-8)10(13)9-5-6-17-11(9)18(14,15)16/h1-6H,(H,14,15,16). The summed E-state index contributed by atoms with van der Waals surface area (Å²) in [5.41, 5.74) is 0.271. The molecule has 0 radical (unpaired) electrons. The Bertz CT molecular complexity index is 686. The first-order valence-corrected chi connectivity index (χ1v) is 7.44. The number of hydrogen-bond donors (Lipinski definition) is 1. The minimum Gasteiger partial charge on any atom is -0.289 e. The first-order chi connectivity index (χ1) is 8.39. The molecule has 0 saturated carbocycles. The van der Waals surface area contributed by atoms with E-state index in [2.05, 4.69) is 0 Å². The molecule has 0 aliphatic rings. The van der Waals surface area contributed by atoms with Crippen LogP contribution in [0, 0.1) is 0 Å². The van der Waals surface area contributed by atoms with Crippen LogP contribution in [0.5, 0.6) is 0 Å². The van der Waals surface area contributed by atoms with Crippen molar-refractivity contribution in [3.8, 4) is 0 Å². The molecule has 2 aromatic rings. The summed E-state index contributed by atoms with van der Waals surface area (Å²) < 4.78 is 30.9. The number of thiophene rings is 1. The zero-order valence-electron chi connectivity index (χ0n) is 8.83. The van der Waals surface area contributed by atoms with E-state index in [1.807, 2.05) is 0 Å². The largest absolute Gasteiger partial charge is 0.304 e. The van der Waals surface area contributed by atoms with E-state index in [-0.39, 0.29) is 9.77 Å². The van der Waals surface area contributed by atoms with Gasteiger partial charge in [0.1, 0.15) is 0 Å². The smallest absolute Gasteiger partial charge is 0.289 e. The molecule has 1 heterocycles. The summed E-state index contributed by atoms with van der Waals surface area (Å²) in [5, 5.41) is 1.92. The molecular formula is C11H7ClO4S2. The lowest BCUT2D eigenvalue weighted by molar-refractivity contribution is 0.103. The highest BCUT2D eigenvalue weighted by Gasteiger charge is 2.22. The maximum atomic E-state index is 12.1. The summed E-state index contributed by atoms with van der Waals surface area (Å²) in [6, 6.07) is 7.43. The SMILES string of the molecule is O=C(c1ccc(Cl)cc1)c1ccsc1S(=O)(=O)O. The Morgan fingerprint density at radius 1 is 1.17 bits per heavy atom. The van der Waals surface area contributed by atoms with Crippen LogP contribution in [0.1, 0.15) is 15.9 Å². The molecule has 1 N–H and O–H groups in total. The third-order valence-corrected chi connectivity index (χ3v) is 4.78. The first kappa shape index (κ1) is 13.2. The van der Waals surface area contributed by atoms with Crippen LogP contribution in [-0.2, 0) is 10.1 Å². The highest BCUT2D eigenvalue weighted by molar-refractivity contribution is 7.88. The quantitative estimate of drug-likeness (QED) is 0.699. The van der Waals surface area contributed by atoms with Crippen molar-refractivity contribution in [1.29, 1.82) is 0 Å². The molecule has 0 saturated heterocycles. The first-order valence-electron chi connectivity index (χ1n) is 4.75. The number of halogens is 1. The molecule has 0 amide bonds. The third kappa shape index (κ3) is 2.62. The minimum absolute atomic E-state index is 0.0372. The van der Waals surface area contributed by atoms with Crippen molar-refractivity contribution in [3.63, 3.8) is 0 Å². The number of ketones is 1. The van der Waals surface area contributed by atoms with E-state index in [0.717, 1.165) is 11.3 Å². The molecule has 4 nitrogen and oxygen atoms in total. The van der Waals surface area contributed by atoms with Crippen LogP contribution in [-0.4, -0.2) is 18.8 Å².